The van der Waals surface area contributed by atoms with E-state index >= 15 is 0 Å². The van der Waals surface area contributed by atoms with E-state index in [1.54, 1.807) is 0 Å². The molecule has 3 rings (SSSR count). The van der Waals surface area contributed by atoms with Crippen LogP contribution in [0, 0.1) is 6.92 Å². The van der Waals surface area contributed by atoms with Crippen LogP contribution in [0.25, 0.3) is 17.2 Å². The highest BCUT2D eigenvalue weighted by Crippen LogP contribution is 2.38. The lowest BCUT2D eigenvalue weighted by Gasteiger charge is -2.16. The van der Waals surface area contributed by atoms with E-state index in [1.807, 2.05) is 0 Å². The number of rotatable bonds is 3. The molecule has 20 heavy (non-hydrogen) atoms. The van der Waals surface area contributed by atoms with E-state index in [0.29, 0.717) is 0 Å². The van der Waals surface area contributed by atoms with Crippen molar-refractivity contribution in [1.82, 2.24) is 0 Å². The fourth-order valence-corrected chi connectivity index (χ4v) is 3.27. The molecule has 1 aliphatic rings. The smallest absolute Gasteiger partial charge is 0.00604 e. The molecule has 0 heteroatoms. The lowest BCUT2D eigenvalue weighted by molar-refractivity contribution is 0.922. The minimum absolute atomic E-state index is 1.11. The van der Waals surface area contributed by atoms with Gasteiger partial charge >= 0.3 is 0 Å². The maximum atomic E-state index is 2.39. The number of benzene rings is 2. The summed E-state index contributed by atoms with van der Waals surface area (Å²) >= 11 is 0. The molecule has 0 atom stereocenters. The Balaban J connectivity index is 2.27. The molecule has 0 saturated heterocycles. The molecule has 0 nitrogen and oxygen atoms in total. The van der Waals surface area contributed by atoms with Gasteiger partial charge in [-0.3, -0.25) is 0 Å². The van der Waals surface area contributed by atoms with Crippen LogP contribution in [0.1, 0.15) is 42.5 Å². The molecule has 0 amide bonds. The molecule has 1 aliphatic carbocycles. The second-order valence-electron chi connectivity index (χ2n) is 5.90. The molecule has 0 fully saturated rings. The van der Waals surface area contributed by atoms with Crippen molar-refractivity contribution in [2.24, 2.45) is 0 Å². The Kier molecular flexibility index (Phi) is 3.48. The van der Waals surface area contributed by atoms with Crippen molar-refractivity contribution < 1.29 is 0 Å². The summed E-state index contributed by atoms with van der Waals surface area (Å²) in [5, 5.41) is 0. The number of hydrogen-bond donors (Lipinski definition) is 0. The molecule has 0 aliphatic heterocycles. The molecule has 0 radical (unpaired) electrons. The van der Waals surface area contributed by atoms with Crippen LogP contribution in [0.3, 0.4) is 0 Å². The van der Waals surface area contributed by atoms with Crippen LogP contribution in [-0.2, 0) is 12.8 Å². The fourth-order valence-electron chi connectivity index (χ4n) is 3.27. The zero-order valence-corrected chi connectivity index (χ0v) is 12.7. The van der Waals surface area contributed by atoms with Crippen LogP contribution in [0.15, 0.2) is 42.0 Å². The molecule has 0 saturated carbocycles. The van der Waals surface area contributed by atoms with E-state index in [1.165, 1.54) is 45.4 Å². The van der Waals surface area contributed by atoms with E-state index in [0.717, 1.165) is 12.8 Å². The number of hydrogen-bond acceptors (Lipinski definition) is 0. The monoisotopic (exact) mass is 262 g/mol. The molecule has 0 bridgehead atoms. The maximum absolute atomic E-state index is 2.39. The van der Waals surface area contributed by atoms with Gasteiger partial charge in [0.25, 0.3) is 0 Å². The van der Waals surface area contributed by atoms with Gasteiger partial charge in [-0.2, -0.15) is 0 Å². The second-order valence-corrected chi connectivity index (χ2v) is 5.90. The third kappa shape index (κ3) is 2.20. The number of aryl methyl sites for hydroxylation is 2. The van der Waals surface area contributed by atoms with Crippen LogP contribution in [-0.4, -0.2) is 0 Å². The van der Waals surface area contributed by atoms with Gasteiger partial charge in [-0.05, 0) is 60.1 Å². The zero-order chi connectivity index (χ0) is 14.1. The van der Waals surface area contributed by atoms with Crippen LogP contribution in [0.2, 0.25) is 0 Å². The van der Waals surface area contributed by atoms with Crippen molar-refractivity contribution in [2.45, 2.75) is 40.0 Å². The Morgan fingerprint density at radius 3 is 2.55 bits per heavy atom. The Morgan fingerprint density at radius 2 is 1.80 bits per heavy atom. The summed E-state index contributed by atoms with van der Waals surface area (Å²) < 4.78 is 0. The first-order valence-electron chi connectivity index (χ1n) is 7.58. The summed E-state index contributed by atoms with van der Waals surface area (Å²) in [6.45, 7) is 6.72. The normalized spacial score (nSPS) is 13.2. The van der Waals surface area contributed by atoms with Gasteiger partial charge in [0.05, 0.1) is 0 Å². The fraction of sp³-hybridized carbons (Fsp3) is 0.300. The minimum atomic E-state index is 1.11. The predicted molar refractivity (Wildman–Crippen MR) is 88.0 cm³/mol. The van der Waals surface area contributed by atoms with Crippen molar-refractivity contribution in [3.8, 4) is 11.1 Å². The van der Waals surface area contributed by atoms with Gasteiger partial charge in [-0.1, -0.05) is 61.4 Å². The SMILES string of the molecule is CCCc1ccc2c(c1-c1ccccc1C)C=C(C)C2. The van der Waals surface area contributed by atoms with Gasteiger partial charge in [-0.15, -0.1) is 0 Å². The molecule has 102 valence electrons. The zero-order valence-electron chi connectivity index (χ0n) is 12.7. The van der Waals surface area contributed by atoms with Crippen molar-refractivity contribution in [1.29, 1.82) is 0 Å². The summed E-state index contributed by atoms with van der Waals surface area (Å²) in [7, 11) is 0. The average Bonchev–Trinajstić information content (AvgIpc) is 2.80. The Labute approximate surface area is 122 Å². The molecule has 0 spiro atoms. The first-order valence-corrected chi connectivity index (χ1v) is 7.58. The van der Waals surface area contributed by atoms with Gasteiger partial charge in [0.1, 0.15) is 0 Å². The van der Waals surface area contributed by atoms with Crippen molar-refractivity contribution >= 4 is 6.08 Å². The number of fused-ring (bicyclic) bond motifs is 1. The highest BCUT2D eigenvalue weighted by Gasteiger charge is 2.18. The molecule has 0 aromatic heterocycles. The molecule has 0 N–H and O–H groups in total. The van der Waals surface area contributed by atoms with E-state index < -0.39 is 0 Å². The summed E-state index contributed by atoms with van der Waals surface area (Å²) in [6.07, 6.45) is 5.85. The van der Waals surface area contributed by atoms with E-state index in [9.17, 15) is 0 Å². The van der Waals surface area contributed by atoms with Crippen LogP contribution < -0.4 is 0 Å². The predicted octanol–water partition coefficient (Wildman–Crippen LogP) is 5.57. The van der Waals surface area contributed by atoms with Crippen molar-refractivity contribution in [3.05, 3.63) is 64.2 Å². The number of allylic oxidation sites excluding steroid dienone is 1. The van der Waals surface area contributed by atoms with Crippen molar-refractivity contribution in [2.75, 3.05) is 0 Å². The second kappa shape index (κ2) is 5.28. The average molecular weight is 262 g/mol. The Hall–Kier alpha value is -1.82. The lowest BCUT2D eigenvalue weighted by Crippen LogP contribution is -1.96. The van der Waals surface area contributed by atoms with Crippen LogP contribution in [0.4, 0.5) is 0 Å². The Morgan fingerprint density at radius 1 is 1.00 bits per heavy atom. The lowest BCUT2D eigenvalue weighted by atomic mass is 9.88. The summed E-state index contributed by atoms with van der Waals surface area (Å²) in [5.74, 6) is 0. The topological polar surface area (TPSA) is 0 Å². The highest BCUT2D eigenvalue weighted by atomic mass is 14.2. The van der Waals surface area contributed by atoms with Gasteiger partial charge in [0.2, 0.25) is 0 Å². The van der Waals surface area contributed by atoms with Crippen LogP contribution >= 0.6 is 0 Å². The van der Waals surface area contributed by atoms with Gasteiger partial charge in [0, 0.05) is 0 Å². The molecular weight excluding hydrogens is 240 g/mol. The molecule has 2 aromatic carbocycles. The molecule has 2 aromatic rings. The molecular formula is C20H22. The first-order chi connectivity index (χ1) is 9.70. The highest BCUT2D eigenvalue weighted by molar-refractivity contribution is 5.84. The molecule has 0 unspecified atom stereocenters. The Bertz CT molecular complexity index is 674. The van der Waals surface area contributed by atoms with Gasteiger partial charge in [0.15, 0.2) is 0 Å². The van der Waals surface area contributed by atoms with Gasteiger partial charge in [-0.25, -0.2) is 0 Å². The van der Waals surface area contributed by atoms with E-state index in [-0.39, 0.29) is 0 Å². The van der Waals surface area contributed by atoms with Crippen LogP contribution in [0.5, 0.6) is 0 Å². The maximum Gasteiger partial charge on any atom is -0.00604 e. The van der Waals surface area contributed by atoms with E-state index in [4.69, 9.17) is 0 Å². The standard InChI is InChI=1S/C20H22/c1-4-7-16-10-11-17-12-14(2)13-19(17)20(16)18-9-6-5-8-15(18)3/h5-6,8-11,13H,4,7,12H2,1-3H3. The third-order valence-corrected chi connectivity index (χ3v) is 4.22. The minimum Gasteiger partial charge on any atom is -0.0683 e. The summed E-state index contributed by atoms with van der Waals surface area (Å²) in [5.41, 5.74) is 10.2. The largest absolute Gasteiger partial charge is 0.0683 e. The van der Waals surface area contributed by atoms with Crippen molar-refractivity contribution in [3.63, 3.8) is 0 Å². The summed E-state index contributed by atoms with van der Waals surface area (Å²) in [4.78, 5) is 0. The van der Waals surface area contributed by atoms with Gasteiger partial charge < -0.3 is 0 Å². The summed E-state index contributed by atoms with van der Waals surface area (Å²) in [6, 6.07) is 13.4. The first kappa shape index (κ1) is 13.2. The third-order valence-electron chi connectivity index (χ3n) is 4.22. The van der Waals surface area contributed by atoms with E-state index in [2.05, 4.69) is 63.2 Å². The molecule has 0 heterocycles. The quantitative estimate of drug-likeness (QED) is 0.678.